The van der Waals surface area contributed by atoms with Gasteiger partial charge in [-0.3, -0.25) is 14.5 Å². The topological polar surface area (TPSA) is 236 Å². The minimum Gasteiger partial charge on any atom is -0.477 e. The largest absolute Gasteiger partial charge is 0.477 e. The third kappa shape index (κ3) is 4.24. The average molecular weight is 510 g/mol. The standard InChI is InChI=1S/C16H15N9O5S3/c17-6-1-7(22-15(18)21-6)33-5-3-31-13-9(12(27)25(13)10(5)14(28)29)23-11(26)8(24-30)4-2-32-16(19)20-4/h1-2,9,13,30H,3H2,(H2,19,20)(H,23,26)(H,28,29)(H4,17,18,21,22)/b24-8-. The zero-order valence-electron chi connectivity index (χ0n) is 16.3. The van der Waals surface area contributed by atoms with Crippen LogP contribution in [-0.2, 0) is 14.4 Å². The number of fused-ring (bicyclic) bond motifs is 1. The monoisotopic (exact) mass is 509 g/mol. The van der Waals surface area contributed by atoms with E-state index in [1.807, 2.05) is 0 Å². The van der Waals surface area contributed by atoms with Gasteiger partial charge < -0.3 is 32.8 Å². The Labute approximate surface area is 197 Å². The van der Waals surface area contributed by atoms with Crippen LogP contribution in [0.4, 0.5) is 16.9 Å². The van der Waals surface area contributed by atoms with Crippen LogP contribution in [0.15, 0.2) is 32.2 Å². The Balaban J connectivity index is 1.54. The number of carboxylic acid groups (broad SMARTS) is 1. The number of aromatic nitrogens is 3. The van der Waals surface area contributed by atoms with E-state index < -0.39 is 34.9 Å². The summed E-state index contributed by atoms with van der Waals surface area (Å²) < 4.78 is 0. The molecule has 2 aromatic rings. The molecule has 2 atom stereocenters. The van der Waals surface area contributed by atoms with Crippen molar-refractivity contribution in [2.45, 2.75) is 16.4 Å². The van der Waals surface area contributed by atoms with Gasteiger partial charge in [0.15, 0.2) is 10.8 Å². The van der Waals surface area contributed by atoms with E-state index >= 15 is 0 Å². The Morgan fingerprint density at radius 3 is 2.64 bits per heavy atom. The normalized spacial score (nSPS) is 20.3. The Hall–Kier alpha value is -3.57. The number of carbonyl (C=O) groups is 3. The first-order valence-electron chi connectivity index (χ1n) is 8.93. The van der Waals surface area contributed by atoms with Gasteiger partial charge in [-0.15, -0.1) is 23.1 Å². The van der Waals surface area contributed by atoms with E-state index in [0.717, 1.165) is 28.0 Å². The number of carboxylic acids is 1. The fourth-order valence-corrected chi connectivity index (χ4v) is 6.16. The van der Waals surface area contributed by atoms with Crippen molar-refractivity contribution in [3.8, 4) is 0 Å². The number of amides is 2. The Morgan fingerprint density at radius 2 is 2.03 bits per heavy atom. The molecule has 2 unspecified atom stereocenters. The molecule has 0 saturated carbocycles. The maximum Gasteiger partial charge on any atom is 0.353 e. The van der Waals surface area contributed by atoms with Crippen LogP contribution in [0.5, 0.6) is 0 Å². The summed E-state index contributed by atoms with van der Waals surface area (Å²) in [4.78, 5) is 50.4. The molecule has 0 radical (unpaired) electrons. The van der Waals surface area contributed by atoms with Crippen molar-refractivity contribution < 1.29 is 24.7 Å². The molecule has 1 fully saturated rings. The molecule has 1 saturated heterocycles. The Kier molecular flexibility index (Phi) is 6.00. The highest BCUT2D eigenvalue weighted by Gasteiger charge is 2.54. The van der Waals surface area contributed by atoms with Crippen molar-refractivity contribution in [1.29, 1.82) is 0 Å². The minimum atomic E-state index is -1.31. The van der Waals surface area contributed by atoms with Gasteiger partial charge in [0.2, 0.25) is 5.95 Å². The highest BCUT2D eigenvalue weighted by atomic mass is 32.2. The maximum absolute atomic E-state index is 12.8. The predicted molar refractivity (Wildman–Crippen MR) is 121 cm³/mol. The predicted octanol–water partition coefficient (Wildman–Crippen LogP) is -0.654. The number of thiazole rings is 1. The third-order valence-corrected chi connectivity index (χ3v) is 7.61. The van der Waals surface area contributed by atoms with Gasteiger partial charge in [-0.05, 0) is 0 Å². The highest BCUT2D eigenvalue weighted by Crippen LogP contribution is 2.45. The zero-order valence-corrected chi connectivity index (χ0v) is 18.8. The maximum atomic E-state index is 12.8. The van der Waals surface area contributed by atoms with Gasteiger partial charge in [0.05, 0.1) is 0 Å². The number of carbonyl (C=O) groups excluding carboxylic acids is 2. The van der Waals surface area contributed by atoms with Crippen molar-refractivity contribution in [2.75, 3.05) is 23.0 Å². The zero-order chi connectivity index (χ0) is 23.9. The van der Waals surface area contributed by atoms with Gasteiger partial charge in [-0.1, -0.05) is 16.9 Å². The van der Waals surface area contributed by atoms with E-state index in [1.165, 1.54) is 23.2 Å². The van der Waals surface area contributed by atoms with Crippen molar-refractivity contribution in [2.24, 2.45) is 5.16 Å². The molecule has 2 aromatic heterocycles. The summed E-state index contributed by atoms with van der Waals surface area (Å²) in [6.45, 7) is 0. The number of nitrogens with two attached hydrogens (primary N) is 3. The second-order valence-electron chi connectivity index (χ2n) is 6.55. The minimum absolute atomic E-state index is 0.0469. The van der Waals surface area contributed by atoms with Crippen molar-refractivity contribution in [3.05, 3.63) is 27.7 Å². The third-order valence-electron chi connectivity index (χ3n) is 4.47. The van der Waals surface area contributed by atoms with Gasteiger partial charge in [0.1, 0.15) is 33.7 Å². The molecule has 0 bridgehead atoms. The van der Waals surface area contributed by atoms with Crippen LogP contribution in [0.1, 0.15) is 5.69 Å². The Bertz CT molecular complexity index is 1210. The number of aliphatic carboxylic acids is 1. The molecule has 0 spiro atoms. The number of nitrogens with one attached hydrogen (secondary N) is 1. The lowest BCUT2D eigenvalue weighted by Gasteiger charge is -2.49. The van der Waals surface area contributed by atoms with Gasteiger partial charge >= 0.3 is 5.97 Å². The second kappa shape index (κ2) is 8.75. The number of β-lactam (4-membered cyclic amide) rings is 1. The number of hydrogen-bond acceptors (Lipinski definition) is 14. The summed E-state index contributed by atoms with van der Waals surface area (Å²) >= 11 is 3.30. The molecule has 4 rings (SSSR count). The summed E-state index contributed by atoms with van der Waals surface area (Å²) in [6, 6.07) is 0.410. The fraction of sp³-hybridized carbons (Fsp3) is 0.188. The number of nitrogen functional groups attached to an aromatic ring is 3. The van der Waals surface area contributed by atoms with Gasteiger partial charge in [0.25, 0.3) is 11.8 Å². The van der Waals surface area contributed by atoms with Gasteiger partial charge in [-0.2, -0.15) is 4.98 Å². The molecule has 0 aromatic carbocycles. The fourth-order valence-electron chi connectivity index (χ4n) is 3.13. The first-order chi connectivity index (χ1) is 15.7. The van der Waals surface area contributed by atoms with Crippen molar-refractivity contribution in [3.63, 3.8) is 0 Å². The lowest BCUT2D eigenvalue weighted by atomic mass is 10.0. The molecule has 33 heavy (non-hydrogen) atoms. The van der Waals surface area contributed by atoms with Gasteiger partial charge in [-0.25, -0.2) is 14.8 Å². The van der Waals surface area contributed by atoms with Crippen molar-refractivity contribution in [1.82, 2.24) is 25.2 Å². The summed E-state index contributed by atoms with van der Waals surface area (Å²) in [6.07, 6.45) is 0. The van der Waals surface area contributed by atoms with Crippen LogP contribution in [0.25, 0.3) is 0 Å². The van der Waals surface area contributed by atoms with E-state index in [2.05, 4.69) is 25.4 Å². The number of nitrogens with zero attached hydrogens (tertiary/aromatic N) is 5. The summed E-state index contributed by atoms with van der Waals surface area (Å²) in [5, 5.41) is 25.7. The molecule has 2 amide bonds. The smallest absolute Gasteiger partial charge is 0.353 e. The molecule has 172 valence electrons. The van der Waals surface area contributed by atoms with E-state index in [0.29, 0.717) is 9.93 Å². The first kappa shape index (κ1) is 22.6. The van der Waals surface area contributed by atoms with Crippen LogP contribution in [0, 0.1) is 0 Å². The summed E-state index contributed by atoms with van der Waals surface area (Å²) in [7, 11) is 0. The quantitative estimate of drug-likeness (QED) is 0.0934. The van der Waals surface area contributed by atoms with Crippen LogP contribution < -0.4 is 22.5 Å². The lowest BCUT2D eigenvalue weighted by molar-refractivity contribution is -0.150. The summed E-state index contributed by atoms with van der Waals surface area (Å²) in [5.74, 6) is -2.52. The number of anilines is 3. The molecule has 0 aliphatic carbocycles. The molecule has 14 nitrogen and oxygen atoms in total. The van der Waals surface area contributed by atoms with E-state index in [4.69, 9.17) is 17.2 Å². The number of hydrogen-bond donors (Lipinski definition) is 6. The van der Waals surface area contributed by atoms with Crippen molar-refractivity contribution >= 4 is 75.3 Å². The van der Waals surface area contributed by atoms with Gasteiger partial charge in [0, 0.05) is 22.1 Å². The van der Waals surface area contributed by atoms with E-state index in [1.54, 1.807) is 0 Å². The average Bonchev–Trinajstić information content (AvgIpc) is 3.17. The molecule has 9 N–H and O–H groups in total. The summed E-state index contributed by atoms with van der Waals surface area (Å²) in [5.41, 5.74) is 16.2. The molecule has 4 heterocycles. The van der Waals surface area contributed by atoms with Crippen LogP contribution in [-0.4, -0.2) is 70.8 Å². The SMILES string of the molecule is Nc1cc(SC2=C(C(=O)O)N3C(=O)C(NC(=O)/C(=N\O)c4csc(N)n4)C3SC2)nc(N)n1. The molecular weight excluding hydrogens is 494 g/mol. The van der Waals surface area contributed by atoms with Crippen LogP contribution in [0.2, 0.25) is 0 Å². The first-order valence-corrected chi connectivity index (χ1v) is 11.7. The number of rotatable bonds is 6. The van der Waals surface area contributed by atoms with E-state index in [9.17, 15) is 24.7 Å². The van der Waals surface area contributed by atoms with Crippen LogP contribution in [0.3, 0.4) is 0 Å². The second-order valence-corrected chi connectivity index (χ2v) is 9.66. The molecular formula is C16H15N9O5S3. The van der Waals surface area contributed by atoms with E-state index in [-0.39, 0.29) is 34.0 Å². The number of thioether (sulfide) groups is 2. The highest BCUT2D eigenvalue weighted by molar-refractivity contribution is 8.06. The molecule has 17 heteroatoms. The number of oxime groups is 1. The molecule has 2 aliphatic heterocycles. The van der Waals surface area contributed by atoms with Crippen LogP contribution >= 0.6 is 34.9 Å². The Morgan fingerprint density at radius 1 is 1.27 bits per heavy atom. The molecule has 2 aliphatic rings. The lowest BCUT2D eigenvalue weighted by Crippen LogP contribution is -2.71.